The number of aromatic nitrogens is 8. The van der Waals surface area contributed by atoms with Gasteiger partial charge in [-0.3, -0.25) is 34.4 Å². The van der Waals surface area contributed by atoms with E-state index in [0.29, 0.717) is 85.6 Å². The van der Waals surface area contributed by atoms with Crippen molar-refractivity contribution in [3.8, 4) is 0 Å². The number of alkyl carbamates (subject to hydrolysis) is 1. The van der Waals surface area contributed by atoms with Crippen molar-refractivity contribution in [2.75, 3.05) is 30.8 Å². The fraction of sp³-hybridized carbons (Fsp3) is 0.381. The van der Waals surface area contributed by atoms with Gasteiger partial charge in [0.1, 0.15) is 17.0 Å². The first-order valence-corrected chi connectivity index (χ1v) is 19.7. The Morgan fingerprint density at radius 3 is 1.86 bits per heavy atom. The standard InChI is InChI=1S/C42H52N12O5/c1-9-53-34(24-27(3)48-53)36(55)46-39-44-30-16-11-12-17-32(30)51(39)22-13-14-23-52-33-19-18-29(38(57)50(8)21-15-20-43-41(58)59-42(5,6)7)26-31(33)45-40(52)47-37(56)35-25-28(4)49-54(35)10-2/h11-14,16-19,24-26H,9-10,15,20-23H2,1-8H3,(H,43,58)(H,44,46,55)(H,45,47,56)/b14-13+. The fourth-order valence-electron chi connectivity index (χ4n) is 6.67. The lowest BCUT2D eigenvalue weighted by Crippen LogP contribution is -2.35. The van der Waals surface area contributed by atoms with Crippen molar-refractivity contribution >= 4 is 57.8 Å². The van der Waals surface area contributed by atoms with Crippen molar-refractivity contribution in [1.29, 1.82) is 0 Å². The van der Waals surface area contributed by atoms with Gasteiger partial charge in [-0.05, 0) is 97.4 Å². The van der Waals surface area contributed by atoms with E-state index in [2.05, 4.69) is 26.1 Å². The number of anilines is 2. The normalized spacial score (nSPS) is 11.7. The van der Waals surface area contributed by atoms with E-state index in [1.165, 1.54) is 0 Å². The minimum atomic E-state index is -0.598. The zero-order chi connectivity index (χ0) is 42.4. The van der Waals surface area contributed by atoms with Crippen LogP contribution in [0.4, 0.5) is 16.7 Å². The number of hydrogen-bond acceptors (Lipinski definition) is 9. The number of hydrogen-bond donors (Lipinski definition) is 3. The second kappa shape index (κ2) is 17.8. The van der Waals surface area contributed by atoms with Crippen LogP contribution in [0.2, 0.25) is 0 Å². The zero-order valence-corrected chi connectivity index (χ0v) is 34.9. The van der Waals surface area contributed by atoms with Gasteiger partial charge in [-0.15, -0.1) is 0 Å². The topological polar surface area (TPSA) is 188 Å². The molecule has 6 aromatic rings. The molecular weight excluding hydrogens is 753 g/mol. The number of para-hydroxylation sites is 2. The number of aryl methyl sites for hydroxylation is 4. The molecule has 0 spiro atoms. The Balaban J connectivity index is 1.23. The van der Waals surface area contributed by atoms with Crippen molar-refractivity contribution < 1.29 is 23.9 Å². The molecule has 6 rings (SSSR count). The van der Waals surface area contributed by atoms with E-state index >= 15 is 0 Å². The highest BCUT2D eigenvalue weighted by molar-refractivity contribution is 6.04. The molecule has 17 heteroatoms. The summed E-state index contributed by atoms with van der Waals surface area (Å²) in [6, 6.07) is 16.4. The van der Waals surface area contributed by atoms with Crippen molar-refractivity contribution in [3.05, 3.63) is 95.1 Å². The van der Waals surface area contributed by atoms with Crippen LogP contribution in [0.25, 0.3) is 22.1 Å². The Morgan fingerprint density at radius 2 is 1.31 bits per heavy atom. The molecule has 0 radical (unpaired) electrons. The van der Waals surface area contributed by atoms with Gasteiger partial charge in [-0.25, -0.2) is 14.8 Å². The summed E-state index contributed by atoms with van der Waals surface area (Å²) < 4.78 is 12.4. The third-order valence-electron chi connectivity index (χ3n) is 9.40. The number of fused-ring (bicyclic) bond motifs is 2. The molecule has 4 aromatic heterocycles. The molecule has 4 heterocycles. The molecule has 17 nitrogen and oxygen atoms in total. The van der Waals surface area contributed by atoms with E-state index in [9.17, 15) is 19.2 Å². The predicted octanol–water partition coefficient (Wildman–Crippen LogP) is 6.18. The molecular formula is C42H52N12O5. The van der Waals surface area contributed by atoms with Gasteiger partial charge in [-0.2, -0.15) is 10.2 Å². The van der Waals surface area contributed by atoms with Crippen LogP contribution in [0.3, 0.4) is 0 Å². The Morgan fingerprint density at radius 1 is 0.763 bits per heavy atom. The minimum absolute atomic E-state index is 0.212. The molecule has 0 aliphatic carbocycles. The molecule has 59 heavy (non-hydrogen) atoms. The predicted molar refractivity (Wildman–Crippen MR) is 226 cm³/mol. The number of benzene rings is 2. The van der Waals surface area contributed by atoms with Gasteiger partial charge < -0.3 is 24.1 Å². The lowest BCUT2D eigenvalue weighted by atomic mass is 10.1. The zero-order valence-electron chi connectivity index (χ0n) is 34.9. The summed E-state index contributed by atoms with van der Waals surface area (Å²) in [5.74, 6) is -0.193. The molecule has 3 N–H and O–H groups in total. The SMILES string of the molecule is CCn1nc(C)cc1C(=O)Nc1nc2ccccc2n1C/C=C/Cn1c(NC(=O)c2cc(C)nn2CC)nc2cc(C(=O)N(C)CCCNC(=O)OC(C)(C)C)ccc21. The van der Waals surface area contributed by atoms with E-state index in [0.717, 1.165) is 22.4 Å². The summed E-state index contributed by atoms with van der Waals surface area (Å²) in [4.78, 5) is 63.7. The number of imidazole rings is 2. The molecule has 310 valence electrons. The highest BCUT2D eigenvalue weighted by Gasteiger charge is 2.21. The van der Waals surface area contributed by atoms with Crippen LogP contribution in [-0.4, -0.2) is 93.1 Å². The third-order valence-corrected chi connectivity index (χ3v) is 9.40. The van der Waals surface area contributed by atoms with E-state index in [-0.39, 0.29) is 17.7 Å². The number of rotatable bonds is 15. The number of carbonyl (C=O) groups is 4. The second-order valence-corrected chi connectivity index (χ2v) is 15.1. The van der Waals surface area contributed by atoms with Gasteiger partial charge in [0.2, 0.25) is 11.9 Å². The third kappa shape index (κ3) is 9.85. The molecule has 4 amide bonds. The van der Waals surface area contributed by atoms with Gasteiger partial charge in [-0.1, -0.05) is 24.3 Å². The largest absolute Gasteiger partial charge is 0.444 e. The summed E-state index contributed by atoms with van der Waals surface area (Å²) in [5.41, 5.74) is 4.94. The molecule has 0 aliphatic rings. The summed E-state index contributed by atoms with van der Waals surface area (Å²) in [7, 11) is 1.70. The number of ether oxygens (including phenoxy) is 1. The van der Waals surface area contributed by atoms with E-state index in [1.54, 1.807) is 66.3 Å². The Labute approximate surface area is 342 Å². The van der Waals surface area contributed by atoms with E-state index in [4.69, 9.17) is 14.7 Å². The van der Waals surface area contributed by atoms with Crippen LogP contribution >= 0.6 is 0 Å². The van der Waals surface area contributed by atoms with Crippen molar-refractivity contribution in [2.45, 2.75) is 86.7 Å². The first-order valence-electron chi connectivity index (χ1n) is 19.7. The molecule has 0 unspecified atom stereocenters. The molecule has 0 saturated carbocycles. The lowest BCUT2D eigenvalue weighted by molar-refractivity contribution is 0.0526. The number of amides is 4. The fourth-order valence-corrected chi connectivity index (χ4v) is 6.67. The highest BCUT2D eigenvalue weighted by Crippen LogP contribution is 2.24. The average Bonchev–Trinajstić information content (AvgIpc) is 3.95. The molecule has 0 saturated heterocycles. The van der Waals surface area contributed by atoms with E-state index < -0.39 is 11.7 Å². The highest BCUT2D eigenvalue weighted by atomic mass is 16.6. The average molecular weight is 805 g/mol. The summed E-state index contributed by atoms with van der Waals surface area (Å²) >= 11 is 0. The smallest absolute Gasteiger partial charge is 0.407 e. The Bertz CT molecular complexity index is 2530. The van der Waals surface area contributed by atoms with Crippen LogP contribution in [0.5, 0.6) is 0 Å². The Hall–Kier alpha value is -6.78. The van der Waals surface area contributed by atoms with Crippen molar-refractivity contribution in [1.82, 2.24) is 48.9 Å². The minimum Gasteiger partial charge on any atom is -0.444 e. The second-order valence-electron chi connectivity index (χ2n) is 15.1. The monoisotopic (exact) mass is 804 g/mol. The van der Waals surface area contributed by atoms with E-state index in [1.807, 2.05) is 79.3 Å². The van der Waals surface area contributed by atoms with Gasteiger partial charge in [0.25, 0.3) is 17.7 Å². The lowest BCUT2D eigenvalue weighted by Gasteiger charge is -2.20. The molecule has 0 aliphatic heterocycles. The number of nitrogens with zero attached hydrogens (tertiary/aromatic N) is 9. The number of carbonyl (C=O) groups excluding carboxylic acids is 4. The van der Waals surface area contributed by atoms with Gasteiger partial charge >= 0.3 is 6.09 Å². The van der Waals surface area contributed by atoms with Gasteiger partial charge in [0, 0.05) is 51.9 Å². The van der Waals surface area contributed by atoms with Crippen LogP contribution in [0.1, 0.15) is 83.8 Å². The summed E-state index contributed by atoms with van der Waals surface area (Å²) in [6.07, 6.45) is 3.93. The maximum atomic E-state index is 13.6. The van der Waals surface area contributed by atoms with Crippen LogP contribution in [0, 0.1) is 13.8 Å². The van der Waals surface area contributed by atoms with Crippen LogP contribution in [-0.2, 0) is 30.9 Å². The summed E-state index contributed by atoms with van der Waals surface area (Å²) in [5, 5.41) is 17.5. The first-order chi connectivity index (χ1) is 28.1. The van der Waals surface area contributed by atoms with Gasteiger partial charge in [0.05, 0.1) is 33.5 Å². The van der Waals surface area contributed by atoms with Crippen molar-refractivity contribution in [3.63, 3.8) is 0 Å². The van der Waals surface area contributed by atoms with Crippen LogP contribution in [0.15, 0.2) is 66.7 Å². The number of nitrogens with one attached hydrogen (secondary N) is 3. The quantitative estimate of drug-likeness (QED) is 0.0804. The maximum absolute atomic E-state index is 13.6. The maximum Gasteiger partial charge on any atom is 0.407 e. The Kier molecular flexibility index (Phi) is 12.6. The molecule has 2 aromatic carbocycles. The molecule has 0 fully saturated rings. The summed E-state index contributed by atoms with van der Waals surface area (Å²) in [6.45, 7) is 15.4. The molecule has 0 atom stereocenters. The van der Waals surface area contributed by atoms with Crippen LogP contribution < -0.4 is 16.0 Å². The van der Waals surface area contributed by atoms with Gasteiger partial charge in [0.15, 0.2) is 0 Å². The van der Waals surface area contributed by atoms with Crippen molar-refractivity contribution in [2.24, 2.45) is 0 Å². The number of allylic oxidation sites excluding steroid dienone is 2. The first kappa shape index (κ1) is 41.8. The molecule has 0 bridgehead atoms.